The zero-order valence-electron chi connectivity index (χ0n) is 14.2. The second kappa shape index (κ2) is 7.63. The lowest BCUT2D eigenvalue weighted by Gasteiger charge is -2.16. The van der Waals surface area contributed by atoms with Crippen LogP contribution >= 0.6 is 0 Å². The van der Waals surface area contributed by atoms with Crippen LogP contribution in [0.25, 0.3) is 11.1 Å². The second-order valence-corrected chi connectivity index (χ2v) is 6.20. The number of carbonyl (C=O) groups excluding carboxylic acids is 1. The van der Waals surface area contributed by atoms with E-state index < -0.39 is 0 Å². The van der Waals surface area contributed by atoms with Crippen LogP contribution in [0.15, 0.2) is 60.4 Å². The van der Waals surface area contributed by atoms with Crippen LogP contribution in [-0.2, 0) is 11.3 Å². The molecular formula is C20H20N4O. The summed E-state index contributed by atoms with van der Waals surface area (Å²) in [7, 11) is 1.80. The number of carbonyl (C=O) groups is 1. The Labute approximate surface area is 147 Å². The van der Waals surface area contributed by atoms with Gasteiger partial charge >= 0.3 is 0 Å². The van der Waals surface area contributed by atoms with E-state index in [2.05, 4.69) is 23.3 Å². The molecule has 0 aliphatic carbocycles. The van der Waals surface area contributed by atoms with Crippen molar-refractivity contribution < 1.29 is 4.79 Å². The summed E-state index contributed by atoms with van der Waals surface area (Å²) in [4.78, 5) is 19.8. The molecule has 1 fully saturated rings. The highest BCUT2D eigenvalue weighted by atomic mass is 16.2. The summed E-state index contributed by atoms with van der Waals surface area (Å²) in [5.41, 5.74) is 4.31. The first-order chi connectivity index (χ1) is 12.2. The van der Waals surface area contributed by atoms with E-state index >= 15 is 0 Å². The summed E-state index contributed by atoms with van der Waals surface area (Å²) in [5.74, 6) is -0.0240. The monoisotopic (exact) mass is 332 g/mol. The van der Waals surface area contributed by atoms with Crippen molar-refractivity contribution in [3.05, 3.63) is 66.0 Å². The third-order valence-corrected chi connectivity index (χ3v) is 4.30. The van der Waals surface area contributed by atoms with Gasteiger partial charge in [-0.15, -0.1) is 0 Å². The second-order valence-electron chi connectivity index (χ2n) is 6.20. The summed E-state index contributed by atoms with van der Waals surface area (Å²) in [6.07, 6.45) is 8.12. The standard InChI is InChI=1S/C20H20N4O/c1-23(20(25)12-17-7-10-24(14-17)15-21)13-16-3-2-4-19(11-16)18-5-8-22-9-6-18/h2-6,8-9,11-12H,7,10,13-14H2,1H3/b17-12-. The molecule has 2 aromatic rings. The van der Waals surface area contributed by atoms with Crippen LogP contribution < -0.4 is 0 Å². The van der Waals surface area contributed by atoms with E-state index in [1.54, 1.807) is 35.3 Å². The Morgan fingerprint density at radius 2 is 2.12 bits per heavy atom. The van der Waals surface area contributed by atoms with E-state index in [1.165, 1.54) is 0 Å². The van der Waals surface area contributed by atoms with Crippen molar-refractivity contribution in [3.63, 3.8) is 0 Å². The average Bonchev–Trinajstić information content (AvgIpc) is 3.10. The van der Waals surface area contributed by atoms with Gasteiger partial charge in [0.1, 0.15) is 0 Å². The van der Waals surface area contributed by atoms with Gasteiger partial charge in [-0.25, -0.2) is 0 Å². The minimum Gasteiger partial charge on any atom is -0.338 e. The average molecular weight is 332 g/mol. The van der Waals surface area contributed by atoms with Crippen molar-refractivity contribution in [1.29, 1.82) is 5.26 Å². The van der Waals surface area contributed by atoms with Crippen molar-refractivity contribution in [2.24, 2.45) is 0 Å². The van der Waals surface area contributed by atoms with Gasteiger partial charge in [0.05, 0.1) is 0 Å². The number of nitriles is 1. The predicted octanol–water partition coefficient (Wildman–Crippen LogP) is 2.82. The molecule has 3 rings (SSSR count). The Bertz CT molecular complexity index is 823. The maximum atomic E-state index is 12.4. The highest BCUT2D eigenvalue weighted by molar-refractivity contribution is 5.88. The number of rotatable bonds is 4. The summed E-state index contributed by atoms with van der Waals surface area (Å²) in [6.45, 7) is 1.81. The minimum absolute atomic E-state index is 0.0240. The number of hydrogen-bond donors (Lipinski definition) is 0. The molecule has 0 bridgehead atoms. The van der Waals surface area contributed by atoms with Gasteiger partial charge in [-0.1, -0.05) is 18.2 Å². The fourth-order valence-corrected chi connectivity index (χ4v) is 2.92. The first-order valence-electron chi connectivity index (χ1n) is 8.24. The highest BCUT2D eigenvalue weighted by Crippen LogP contribution is 2.20. The molecule has 1 aliphatic rings. The van der Waals surface area contributed by atoms with Gasteiger partial charge in [-0.3, -0.25) is 9.78 Å². The molecule has 1 aliphatic heterocycles. The topological polar surface area (TPSA) is 60.2 Å². The molecule has 1 aromatic heterocycles. The zero-order valence-corrected chi connectivity index (χ0v) is 14.2. The Hall–Kier alpha value is -3.13. The van der Waals surface area contributed by atoms with Gasteiger partial charge in [0.2, 0.25) is 5.91 Å². The Morgan fingerprint density at radius 3 is 2.84 bits per heavy atom. The molecule has 126 valence electrons. The molecule has 0 unspecified atom stereocenters. The van der Waals surface area contributed by atoms with Gasteiger partial charge < -0.3 is 9.80 Å². The van der Waals surface area contributed by atoms with Crippen molar-refractivity contribution >= 4 is 5.91 Å². The van der Waals surface area contributed by atoms with Crippen molar-refractivity contribution in [2.75, 3.05) is 20.1 Å². The lowest BCUT2D eigenvalue weighted by Crippen LogP contribution is -2.24. The van der Waals surface area contributed by atoms with Gasteiger partial charge in [-0.05, 0) is 46.9 Å². The number of amides is 1. The molecule has 5 nitrogen and oxygen atoms in total. The van der Waals surface area contributed by atoms with Crippen LogP contribution in [0, 0.1) is 11.5 Å². The molecule has 1 saturated heterocycles. The Kier molecular flexibility index (Phi) is 5.10. The Balaban J connectivity index is 1.67. The van der Waals surface area contributed by atoms with Gasteiger partial charge in [0.15, 0.2) is 6.19 Å². The SMILES string of the molecule is CN(Cc1cccc(-c2ccncc2)c1)C(=O)/C=C1/CCN(C#N)C1. The normalized spacial score (nSPS) is 15.2. The maximum Gasteiger partial charge on any atom is 0.246 e. The van der Waals surface area contributed by atoms with Crippen molar-refractivity contribution in [1.82, 2.24) is 14.8 Å². The molecule has 0 saturated carbocycles. The molecule has 0 N–H and O–H groups in total. The number of likely N-dealkylation sites (tertiary alicyclic amines) is 1. The van der Waals surface area contributed by atoms with Crippen LogP contribution in [-0.4, -0.2) is 40.8 Å². The number of pyridine rings is 1. The first-order valence-corrected chi connectivity index (χ1v) is 8.24. The predicted molar refractivity (Wildman–Crippen MR) is 96.0 cm³/mol. The number of nitrogens with zero attached hydrogens (tertiary/aromatic N) is 4. The van der Waals surface area contributed by atoms with Crippen LogP contribution in [0.2, 0.25) is 0 Å². The largest absolute Gasteiger partial charge is 0.338 e. The lowest BCUT2D eigenvalue weighted by molar-refractivity contribution is -0.125. The van der Waals surface area contributed by atoms with E-state index in [-0.39, 0.29) is 5.91 Å². The van der Waals surface area contributed by atoms with Gasteiger partial charge in [0.25, 0.3) is 0 Å². The molecule has 2 heterocycles. The fourth-order valence-electron chi connectivity index (χ4n) is 2.92. The summed E-state index contributed by atoms with van der Waals surface area (Å²) in [5, 5.41) is 8.89. The maximum absolute atomic E-state index is 12.4. The third-order valence-electron chi connectivity index (χ3n) is 4.30. The van der Waals surface area contributed by atoms with Crippen molar-refractivity contribution in [2.45, 2.75) is 13.0 Å². The summed E-state index contributed by atoms with van der Waals surface area (Å²) in [6, 6.07) is 12.1. The number of aromatic nitrogens is 1. The van der Waals surface area contributed by atoms with E-state index in [1.807, 2.05) is 24.3 Å². The van der Waals surface area contributed by atoms with Crippen LogP contribution in [0.1, 0.15) is 12.0 Å². The lowest BCUT2D eigenvalue weighted by atomic mass is 10.0. The molecule has 0 atom stereocenters. The zero-order chi connectivity index (χ0) is 17.6. The quantitative estimate of drug-likeness (QED) is 0.638. The molecule has 1 amide bonds. The van der Waals surface area contributed by atoms with E-state index in [9.17, 15) is 4.79 Å². The summed E-state index contributed by atoms with van der Waals surface area (Å²) >= 11 is 0. The fraction of sp³-hybridized carbons (Fsp3) is 0.250. The molecular weight excluding hydrogens is 312 g/mol. The number of likely N-dealkylation sites (N-methyl/N-ethyl adjacent to an activating group) is 1. The van der Waals surface area contributed by atoms with Crippen LogP contribution in [0.4, 0.5) is 0 Å². The van der Waals surface area contributed by atoms with Gasteiger partial charge in [0, 0.05) is 45.2 Å². The molecule has 1 aromatic carbocycles. The molecule has 25 heavy (non-hydrogen) atoms. The summed E-state index contributed by atoms with van der Waals surface area (Å²) < 4.78 is 0. The highest BCUT2D eigenvalue weighted by Gasteiger charge is 2.17. The van der Waals surface area contributed by atoms with Gasteiger partial charge in [-0.2, -0.15) is 5.26 Å². The smallest absolute Gasteiger partial charge is 0.246 e. The van der Waals surface area contributed by atoms with E-state index in [0.29, 0.717) is 19.6 Å². The molecule has 5 heteroatoms. The minimum atomic E-state index is -0.0240. The Morgan fingerprint density at radius 1 is 1.32 bits per heavy atom. The van der Waals surface area contributed by atoms with Crippen molar-refractivity contribution in [3.8, 4) is 17.3 Å². The van der Waals surface area contributed by atoms with E-state index in [0.717, 1.165) is 28.7 Å². The van der Waals surface area contributed by atoms with E-state index in [4.69, 9.17) is 5.26 Å². The number of hydrogen-bond acceptors (Lipinski definition) is 4. The van der Waals surface area contributed by atoms with Crippen LogP contribution in [0.3, 0.4) is 0 Å². The molecule has 0 spiro atoms. The number of benzene rings is 1. The third kappa shape index (κ3) is 4.24. The first kappa shape index (κ1) is 16.7. The van der Waals surface area contributed by atoms with Crippen LogP contribution in [0.5, 0.6) is 0 Å². The molecule has 0 radical (unpaired) electrons.